The molecule has 222 valence electrons. The van der Waals surface area contributed by atoms with Gasteiger partial charge in [0.2, 0.25) is 0 Å². The summed E-state index contributed by atoms with van der Waals surface area (Å²) < 4.78 is 22.9. The van der Waals surface area contributed by atoms with E-state index in [0.29, 0.717) is 41.2 Å². The Bertz CT molecular complexity index is 1330. The Balaban J connectivity index is 1.14. The maximum absolute atomic E-state index is 12.9. The summed E-state index contributed by atoms with van der Waals surface area (Å²) in [6, 6.07) is 21.9. The quantitative estimate of drug-likeness (QED) is 0.182. The molecule has 2 fully saturated rings. The molecule has 0 amide bonds. The van der Waals surface area contributed by atoms with Gasteiger partial charge in [-0.1, -0.05) is 58.4 Å². The third kappa shape index (κ3) is 7.04. The zero-order chi connectivity index (χ0) is 29.7. The van der Waals surface area contributed by atoms with Gasteiger partial charge in [0, 0.05) is 0 Å². The summed E-state index contributed by atoms with van der Waals surface area (Å²) in [6.07, 6.45) is 4.15. The maximum Gasteiger partial charge on any atom is 0.343 e. The minimum absolute atomic E-state index is 0.0613. The second-order valence-electron chi connectivity index (χ2n) is 12.4. The van der Waals surface area contributed by atoms with Gasteiger partial charge in [0.15, 0.2) is 0 Å². The van der Waals surface area contributed by atoms with Crippen molar-refractivity contribution in [3.63, 3.8) is 0 Å². The summed E-state index contributed by atoms with van der Waals surface area (Å²) in [6.45, 7) is 11.0. The van der Waals surface area contributed by atoms with Gasteiger partial charge in [0.05, 0.1) is 36.4 Å². The number of rotatable bonds is 10. The fraction of sp³-hybridized carbons (Fsp3) is 0.444. The first kappa shape index (κ1) is 29.8. The highest BCUT2D eigenvalue weighted by Crippen LogP contribution is 2.36. The minimum Gasteiger partial charge on any atom is -0.493 e. The van der Waals surface area contributed by atoms with Crippen molar-refractivity contribution in [3.05, 3.63) is 83.9 Å². The van der Waals surface area contributed by atoms with E-state index in [0.717, 1.165) is 49.4 Å². The summed E-state index contributed by atoms with van der Waals surface area (Å²) in [4.78, 5) is 25.7. The molecule has 6 heteroatoms. The first-order valence-electron chi connectivity index (χ1n) is 15.2. The Morgan fingerprint density at radius 3 is 1.98 bits per heavy atom. The highest BCUT2D eigenvalue weighted by molar-refractivity contribution is 5.92. The second-order valence-corrected chi connectivity index (χ2v) is 12.4. The van der Waals surface area contributed by atoms with Gasteiger partial charge in [0.1, 0.15) is 17.6 Å². The third-order valence-electron chi connectivity index (χ3n) is 8.94. The highest BCUT2D eigenvalue weighted by atomic mass is 16.5. The van der Waals surface area contributed by atoms with Gasteiger partial charge in [-0.15, -0.1) is 0 Å². The monoisotopic (exact) mass is 570 g/mol. The molecule has 0 aromatic heterocycles. The predicted molar refractivity (Wildman–Crippen MR) is 163 cm³/mol. The Morgan fingerprint density at radius 1 is 0.833 bits per heavy atom. The number of hydrogen-bond donors (Lipinski definition) is 0. The maximum atomic E-state index is 12.9. The molecule has 3 aromatic rings. The number of carbonyl (C=O) groups is 2. The van der Waals surface area contributed by atoms with E-state index < -0.39 is 5.97 Å². The Morgan fingerprint density at radius 2 is 1.40 bits per heavy atom. The lowest BCUT2D eigenvalue weighted by Gasteiger charge is -2.40. The summed E-state index contributed by atoms with van der Waals surface area (Å²) in [5, 5.41) is 0. The van der Waals surface area contributed by atoms with Crippen molar-refractivity contribution in [3.8, 4) is 22.6 Å². The van der Waals surface area contributed by atoms with Crippen LogP contribution in [-0.2, 0) is 9.47 Å². The molecular formula is C36H42O6. The molecule has 1 saturated heterocycles. The van der Waals surface area contributed by atoms with Crippen molar-refractivity contribution in [1.29, 1.82) is 0 Å². The minimum atomic E-state index is -0.457. The highest BCUT2D eigenvalue weighted by Gasteiger charge is 2.37. The fourth-order valence-corrected chi connectivity index (χ4v) is 5.84. The largest absolute Gasteiger partial charge is 0.493 e. The van der Waals surface area contributed by atoms with Crippen LogP contribution in [-0.4, -0.2) is 37.9 Å². The topological polar surface area (TPSA) is 71.1 Å². The van der Waals surface area contributed by atoms with E-state index in [2.05, 4.69) is 27.7 Å². The second kappa shape index (κ2) is 13.1. The van der Waals surface area contributed by atoms with Crippen molar-refractivity contribution in [1.82, 2.24) is 0 Å². The molecule has 1 aliphatic heterocycles. The molecule has 1 heterocycles. The standard InChI is InChI=1S/C36H42O6/c1-5-36(21-39-22-36)23-40-30-15-11-27(12-16-30)26-7-9-28(10-8-26)34(37)41-31-17-13-29(14-18-31)35(38)42-33-20-25(4)6-19-32(33)24(2)3/h7-18,24-25,32-33H,5-6,19-23H2,1-4H3. The normalized spacial score (nSPS) is 21.3. The van der Waals surface area contributed by atoms with Crippen LogP contribution in [0.2, 0.25) is 0 Å². The predicted octanol–water partition coefficient (Wildman–Crippen LogP) is 8.00. The first-order chi connectivity index (χ1) is 20.2. The first-order valence-corrected chi connectivity index (χ1v) is 15.2. The molecule has 6 nitrogen and oxygen atoms in total. The third-order valence-corrected chi connectivity index (χ3v) is 8.94. The Hall–Kier alpha value is -3.64. The SMILES string of the molecule is CCC1(COc2ccc(-c3ccc(C(=O)Oc4ccc(C(=O)OC5CC(C)CCC5C(C)C)cc4)cc3)cc2)COC1. The molecular weight excluding hydrogens is 528 g/mol. The smallest absolute Gasteiger partial charge is 0.343 e. The summed E-state index contributed by atoms with van der Waals surface area (Å²) in [5.74, 6) is 1.84. The average molecular weight is 571 g/mol. The molecule has 3 unspecified atom stereocenters. The van der Waals surface area contributed by atoms with Crippen LogP contribution in [0.25, 0.3) is 11.1 Å². The Labute approximate surface area is 249 Å². The van der Waals surface area contributed by atoms with Crippen LogP contribution in [0.15, 0.2) is 72.8 Å². The van der Waals surface area contributed by atoms with Crippen molar-refractivity contribution in [2.24, 2.45) is 23.2 Å². The zero-order valence-electron chi connectivity index (χ0n) is 25.1. The van der Waals surface area contributed by atoms with Gasteiger partial charge in [-0.25, -0.2) is 9.59 Å². The number of ether oxygens (including phenoxy) is 4. The lowest BCUT2D eigenvalue weighted by Crippen LogP contribution is -2.46. The van der Waals surface area contributed by atoms with Gasteiger partial charge < -0.3 is 18.9 Å². The molecule has 0 spiro atoms. The number of esters is 2. The molecule has 42 heavy (non-hydrogen) atoms. The van der Waals surface area contributed by atoms with Crippen LogP contribution in [0.1, 0.15) is 74.1 Å². The summed E-state index contributed by atoms with van der Waals surface area (Å²) >= 11 is 0. The lowest BCUT2D eigenvalue weighted by molar-refractivity contribution is -0.133. The van der Waals surface area contributed by atoms with Gasteiger partial charge >= 0.3 is 11.9 Å². The molecule has 2 aliphatic rings. The molecule has 3 aromatic carbocycles. The molecule has 5 rings (SSSR count). The Kier molecular flexibility index (Phi) is 9.32. The van der Waals surface area contributed by atoms with E-state index in [9.17, 15) is 9.59 Å². The van der Waals surface area contributed by atoms with Gasteiger partial charge in [-0.3, -0.25) is 0 Å². The van der Waals surface area contributed by atoms with E-state index in [1.807, 2.05) is 36.4 Å². The van der Waals surface area contributed by atoms with Crippen molar-refractivity contribution in [2.75, 3.05) is 19.8 Å². The summed E-state index contributed by atoms with van der Waals surface area (Å²) in [5.41, 5.74) is 3.07. The van der Waals surface area contributed by atoms with E-state index in [1.54, 1.807) is 36.4 Å². The van der Waals surface area contributed by atoms with Crippen LogP contribution < -0.4 is 9.47 Å². The van der Waals surface area contributed by atoms with Crippen molar-refractivity contribution >= 4 is 11.9 Å². The molecule has 1 aliphatic carbocycles. The van der Waals surface area contributed by atoms with Crippen LogP contribution in [0.3, 0.4) is 0 Å². The van der Waals surface area contributed by atoms with Crippen LogP contribution >= 0.6 is 0 Å². The molecule has 3 atom stereocenters. The van der Waals surface area contributed by atoms with Crippen molar-refractivity contribution < 1.29 is 28.5 Å². The zero-order valence-corrected chi connectivity index (χ0v) is 25.1. The summed E-state index contributed by atoms with van der Waals surface area (Å²) in [7, 11) is 0. The van der Waals surface area contributed by atoms with Gasteiger partial charge in [-0.2, -0.15) is 0 Å². The van der Waals surface area contributed by atoms with E-state index >= 15 is 0 Å². The average Bonchev–Trinajstić information content (AvgIpc) is 2.97. The molecule has 1 saturated carbocycles. The van der Waals surface area contributed by atoms with Gasteiger partial charge in [-0.05, 0) is 96.7 Å². The van der Waals surface area contributed by atoms with E-state index in [4.69, 9.17) is 18.9 Å². The van der Waals surface area contributed by atoms with Gasteiger partial charge in [0.25, 0.3) is 0 Å². The van der Waals surface area contributed by atoms with E-state index in [-0.39, 0.29) is 17.5 Å². The van der Waals surface area contributed by atoms with Crippen LogP contribution in [0.4, 0.5) is 0 Å². The molecule has 0 radical (unpaired) electrons. The molecule has 0 N–H and O–H groups in total. The lowest BCUT2D eigenvalue weighted by atomic mass is 9.75. The fourth-order valence-electron chi connectivity index (χ4n) is 5.84. The number of benzene rings is 3. The number of carbonyl (C=O) groups excluding carboxylic acids is 2. The van der Waals surface area contributed by atoms with Crippen LogP contribution in [0, 0.1) is 23.2 Å². The van der Waals surface area contributed by atoms with Crippen LogP contribution in [0.5, 0.6) is 11.5 Å². The number of hydrogen-bond acceptors (Lipinski definition) is 6. The molecule has 0 bridgehead atoms. The van der Waals surface area contributed by atoms with E-state index in [1.165, 1.54) is 6.42 Å². The van der Waals surface area contributed by atoms with Crippen molar-refractivity contribution in [2.45, 2.75) is 59.5 Å².